The molecule has 1 aromatic heterocycles. The van der Waals surface area contributed by atoms with E-state index in [4.69, 9.17) is 4.74 Å². The van der Waals surface area contributed by atoms with Crippen LogP contribution in [0.3, 0.4) is 0 Å². The lowest BCUT2D eigenvalue weighted by molar-refractivity contribution is -0.147. The first-order chi connectivity index (χ1) is 18.0. The van der Waals surface area contributed by atoms with E-state index >= 15 is 0 Å². The van der Waals surface area contributed by atoms with Crippen molar-refractivity contribution in [1.82, 2.24) is 4.90 Å². The zero-order valence-electron chi connectivity index (χ0n) is 19.6. The Morgan fingerprint density at radius 3 is 2.22 bits per heavy atom. The van der Waals surface area contributed by atoms with Crippen molar-refractivity contribution in [3.8, 4) is 0 Å². The van der Waals surface area contributed by atoms with Gasteiger partial charge in [-0.15, -0.1) is 23.1 Å². The van der Waals surface area contributed by atoms with E-state index in [9.17, 15) is 19.2 Å². The Morgan fingerprint density at radius 2 is 1.68 bits per heavy atom. The number of aliphatic imine (C=N–C) groups is 1. The summed E-state index contributed by atoms with van der Waals surface area (Å²) in [5.74, 6) is -1.22. The van der Waals surface area contributed by atoms with E-state index in [0.717, 1.165) is 22.9 Å². The number of nitrogens with zero attached hydrogens (tertiary/aromatic N) is 3. The lowest BCUT2D eigenvalue weighted by atomic mass is 10.0. The number of thioether (sulfide) groups is 1. The molecule has 186 valence electrons. The fraction of sp³-hybridized carbons (Fsp3) is 0.185. The molecule has 5 rings (SSSR count). The van der Waals surface area contributed by atoms with Crippen LogP contribution in [-0.2, 0) is 23.9 Å². The molecule has 2 aliphatic rings. The Balaban J connectivity index is 1.45. The quantitative estimate of drug-likeness (QED) is 0.196. The van der Waals surface area contributed by atoms with E-state index in [1.165, 1.54) is 40.3 Å². The van der Waals surface area contributed by atoms with Crippen LogP contribution in [0.1, 0.15) is 24.2 Å². The summed E-state index contributed by atoms with van der Waals surface area (Å²) in [6.45, 7) is 1.40. The van der Waals surface area contributed by atoms with Crippen LogP contribution in [-0.4, -0.2) is 45.4 Å². The third-order valence-electron chi connectivity index (χ3n) is 6.06. The zero-order chi connectivity index (χ0) is 25.9. The molecule has 3 atom stereocenters. The molecular weight excluding hydrogens is 510 g/mol. The number of thiophene rings is 1. The van der Waals surface area contributed by atoms with Gasteiger partial charge < -0.3 is 9.64 Å². The second-order valence-electron chi connectivity index (χ2n) is 8.33. The zero-order valence-corrected chi connectivity index (χ0v) is 21.2. The van der Waals surface area contributed by atoms with Crippen LogP contribution in [0.2, 0.25) is 0 Å². The summed E-state index contributed by atoms with van der Waals surface area (Å²) in [6, 6.07) is 21.4. The molecule has 0 radical (unpaired) electrons. The third kappa shape index (κ3) is 4.74. The van der Waals surface area contributed by atoms with E-state index in [1.54, 1.807) is 12.1 Å². The van der Waals surface area contributed by atoms with Crippen LogP contribution < -0.4 is 4.90 Å². The number of hydrogen-bond acceptors (Lipinski definition) is 8. The van der Waals surface area contributed by atoms with Crippen molar-refractivity contribution in [2.45, 2.75) is 29.7 Å². The first-order valence-corrected chi connectivity index (χ1v) is 13.2. The molecule has 0 aliphatic carbocycles. The van der Waals surface area contributed by atoms with Crippen molar-refractivity contribution in [2.24, 2.45) is 4.99 Å². The number of β-lactam (4-membered cyclic amide) rings is 1. The number of carbonyl (C=O) groups excluding carboxylic acids is 4. The average molecular weight is 532 g/mol. The molecule has 10 heteroatoms. The van der Waals surface area contributed by atoms with Crippen LogP contribution in [0.4, 0.5) is 5.00 Å². The number of fused-ring (bicyclic) bond motifs is 1. The number of rotatable bonds is 7. The lowest BCUT2D eigenvalue weighted by Crippen LogP contribution is -2.70. The van der Waals surface area contributed by atoms with Gasteiger partial charge in [-0.05, 0) is 28.6 Å². The monoisotopic (exact) mass is 531 g/mol. The highest BCUT2D eigenvalue weighted by atomic mass is 32.2. The molecule has 2 amide bonds. The molecule has 1 saturated heterocycles. The van der Waals surface area contributed by atoms with Gasteiger partial charge in [0.25, 0.3) is 5.91 Å². The molecule has 3 heterocycles. The molecule has 2 aromatic carbocycles. The first kappa shape index (κ1) is 24.7. The number of ether oxygens (including phenoxy) is 1. The maximum atomic E-state index is 13.6. The maximum absolute atomic E-state index is 13.6. The molecule has 0 spiro atoms. The van der Waals surface area contributed by atoms with Crippen molar-refractivity contribution in [1.29, 1.82) is 0 Å². The van der Waals surface area contributed by atoms with Gasteiger partial charge in [0, 0.05) is 13.1 Å². The van der Waals surface area contributed by atoms with Crippen LogP contribution in [0, 0.1) is 0 Å². The summed E-state index contributed by atoms with van der Waals surface area (Å²) in [5, 5.41) is 0.919. The van der Waals surface area contributed by atoms with Crippen molar-refractivity contribution in [3.05, 3.63) is 101 Å². The summed E-state index contributed by atoms with van der Waals surface area (Å²) in [4.78, 5) is 56.8. The highest BCUT2D eigenvalue weighted by molar-refractivity contribution is 8.01. The van der Waals surface area contributed by atoms with Crippen molar-refractivity contribution in [3.63, 3.8) is 0 Å². The van der Waals surface area contributed by atoms with Gasteiger partial charge in [0.1, 0.15) is 16.7 Å². The summed E-state index contributed by atoms with van der Waals surface area (Å²) >= 11 is 2.47. The number of amides is 2. The summed E-state index contributed by atoms with van der Waals surface area (Å²) < 4.78 is 6.02. The van der Waals surface area contributed by atoms with E-state index < -0.39 is 28.7 Å². The number of anilines is 1. The second kappa shape index (κ2) is 10.6. The van der Waals surface area contributed by atoms with Gasteiger partial charge in [-0.3, -0.25) is 19.3 Å². The van der Waals surface area contributed by atoms with Crippen LogP contribution >= 0.6 is 23.1 Å². The van der Waals surface area contributed by atoms with Crippen LogP contribution in [0.5, 0.6) is 0 Å². The van der Waals surface area contributed by atoms with Gasteiger partial charge in [-0.2, -0.15) is 4.99 Å². The van der Waals surface area contributed by atoms with Gasteiger partial charge in [0.2, 0.25) is 12.0 Å². The standard InChI is InChI=1S/C27H21N3O5S2/c1-17(32)30(21-13-8-14-36-21)22-25(33)29-15-20(28-16-31)24(37-26(22)29)27(34)35-23(18-9-4-2-5-10-18)19-11-6-3-7-12-19/h2-15,22-24,26H,1H3/t22?,24?,26-/m1/s1. The minimum absolute atomic E-state index is 0.0680. The molecule has 2 aliphatic heterocycles. The third-order valence-corrected chi connectivity index (χ3v) is 8.39. The van der Waals surface area contributed by atoms with Gasteiger partial charge in [0.05, 0.1) is 10.7 Å². The summed E-state index contributed by atoms with van der Waals surface area (Å²) in [5.41, 5.74) is 1.63. The van der Waals surface area contributed by atoms with E-state index in [-0.39, 0.29) is 17.5 Å². The molecule has 0 N–H and O–H groups in total. The molecule has 0 bridgehead atoms. The molecule has 1 fully saturated rings. The molecular formula is C27H21N3O5S2. The maximum Gasteiger partial charge on any atom is 0.326 e. The highest BCUT2D eigenvalue weighted by Gasteiger charge is 2.56. The predicted molar refractivity (Wildman–Crippen MR) is 140 cm³/mol. The van der Waals surface area contributed by atoms with E-state index in [0.29, 0.717) is 5.00 Å². The van der Waals surface area contributed by atoms with E-state index in [2.05, 4.69) is 4.99 Å². The Bertz CT molecular complexity index is 1350. The average Bonchev–Trinajstić information content (AvgIpc) is 3.45. The normalized spacial score (nSPS) is 20.3. The van der Waals surface area contributed by atoms with E-state index in [1.807, 2.05) is 66.0 Å². The number of hydrogen-bond donors (Lipinski definition) is 0. The SMILES string of the molecule is CC(=O)N(c1cccs1)C1C(=O)N2C=C(N=C=O)C(C(=O)OC(c3ccccc3)c3ccccc3)S[C@H]12. The van der Waals surface area contributed by atoms with Gasteiger partial charge in [-0.1, -0.05) is 60.7 Å². The number of esters is 1. The number of benzene rings is 2. The summed E-state index contributed by atoms with van der Waals surface area (Å²) in [6.07, 6.45) is 2.16. The van der Waals surface area contributed by atoms with Crippen molar-refractivity contribution >= 4 is 52.0 Å². The molecule has 3 aromatic rings. The first-order valence-electron chi connectivity index (χ1n) is 11.4. The van der Waals surface area contributed by atoms with Crippen molar-refractivity contribution in [2.75, 3.05) is 4.90 Å². The number of carbonyl (C=O) groups is 3. The Labute approximate surface area is 221 Å². The Kier molecular flexibility index (Phi) is 7.05. The van der Waals surface area contributed by atoms with Crippen LogP contribution in [0.15, 0.2) is 95.1 Å². The fourth-order valence-electron chi connectivity index (χ4n) is 4.38. The molecule has 2 unspecified atom stereocenters. The van der Waals surface area contributed by atoms with Crippen molar-refractivity contribution < 1.29 is 23.9 Å². The van der Waals surface area contributed by atoms with Crippen LogP contribution in [0.25, 0.3) is 0 Å². The predicted octanol–water partition coefficient (Wildman–Crippen LogP) is 4.26. The Morgan fingerprint density at radius 1 is 1.03 bits per heavy atom. The fourth-order valence-corrected chi connectivity index (χ4v) is 6.57. The minimum atomic E-state index is -0.995. The smallest absolute Gasteiger partial charge is 0.326 e. The summed E-state index contributed by atoms with van der Waals surface area (Å²) in [7, 11) is 0. The molecule has 37 heavy (non-hydrogen) atoms. The largest absolute Gasteiger partial charge is 0.451 e. The minimum Gasteiger partial charge on any atom is -0.451 e. The second-order valence-corrected chi connectivity index (χ2v) is 10.5. The van der Waals surface area contributed by atoms with Gasteiger partial charge in [-0.25, -0.2) is 4.79 Å². The van der Waals surface area contributed by atoms with Gasteiger partial charge in [0.15, 0.2) is 6.10 Å². The highest BCUT2D eigenvalue weighted by Crippen LogP contribution is 2.45. The molecule has 8 nitrogen and oxygen atoms in total. The lowest BCUT2D eigenvalue weighted by Gasteiger charge is -2.51. The number of isocyanates is 1. The molecule has 0 saturated carbocycles. The van der Waals surface area contributed by atoms with Gasteiger partial charge >= 0.3 is 5.97 Å². The topological polar surface area (TPSA) is 96.4 Å². The Hall–Kier alpha value is -3.98.